The molecule has 1 atom stereocenters. The number of rotatable bonds is 8. The summed E-state index contributed by atoms with van der Waals surface area (Å²) in [6.07, 6.45) is 2.62. The van der Waals surface area contributed by atoms with Crippen LogP contribution in [0.25, 0.3) is 0 Å². The summed E-state index contributed by atoms with van der Waals surface area (Å²) < 4.78 is 11.6. The lowest BCUT2D eigenvalue weighted by molar-refractivity contribution is -0.123. The summed E-state index contributed by atoms with van der Waals surface area (Å²) in [4.78, 5) is 11.9. The third-order valence-corrected chi connectivity index (χ3v) is 4.51. The number of halogens is 1. The molecule has 2 aromatic carbocycles. The summed E-state index contributed by atoms with van der Waals surface area (Å²) in [5.41, 5.74) is 4.46. The van der Waals surface area contributed by atoms with Gasteiger partial charge >= 0.3 is 0 Å². The zero-order valence-electron chi connectivity index (χ0n) is 15.2. The van der Waals surface area contributed by atoms with E-state index in [-0.39, 0.29) is 12.5 Å². The highest BCUT2D eigenvalue weighted by atomic mass is 79.9. The number of nitrogens with zero attached hydrogens (tertiary/aromatic N) is 1. The Morgan fingerprint density at radius 1 is 1.27 bits per heavy atom. The molecule has 0 saturated carbocycles. The third-order valence-electron chi connectivity index (χ3n) is 4.02. The SMILES string of the molecule is CC[C@H](C)c1ccc(OCC(=O)N/N=C\c2cc(Br)ccc2OC)cc1. The normalized spacial score (nSPS) is 12.0. The number of carbonyl (C=O) groups excluding carboxylic acids is 1. The van der Waals surface area contributed by atoms with Gasteiger partial charge < -0.3 is 9.47 Å². The standard InChI is InChI=1S/C20H23BrN2O3/c1-4-14(2)15-5-8-18(9-6-15)26-13-20(24)23-22-12-16-11-17(21)7-10-19(16)25-3/h5-12,14H,4,13H2,1-3H3,(H,23,24)/b22-12-/t14-/m0/s1. The molecule has 2 rings (SSSR count). The van der Waals surface area contributed by atoms with Gasteiger partial charge in [-0.1, -0.05) is 41.9 Å². The Morgan fingerprint density at radius 3 is 2.65 bits per heavy atom. The number of ether oxygens (including phenoxy) is 2. The maximum Gasteiger partial charge on any atom is 0.277 e. The second kappa shape index (κ2) is 9.97. The molecule has 6 heteroatoms. The Morgan fingerprint density at radius 2 is 2.00 bits per heavy atom. The fraction of sp³-hybridized carbons (Fsp3) is 0.300. The summed E-state index contributed by atoms with van der Waals surface area (Å²) in [5, 5.41) is 3.95. The van der Waals surface area contributed by atoms with Gasteiger partial charge in [0.25, 0.3) is 5.91 Å². The van der Waals surface area contributed by atoms with Crippen molar-refractivity contribution in [2.75, 3.05) is 13.7 Å². The smallest absolute Gasteiger partial charge is 0.277 e. The van der Waals surface area contributed by atoms with E-state index in [0.717, 1.165) is 16.5 Å². The quantitative estimate of drug-likeness (QED) is 0.506. The maximum atomic E-state index is 11.9. The van der Waals surface area contributed by atoms with Crippen LogP contribution >= 0.6 is 15.9 Å². The van der Waals surface area contributed by atoms with Crippen molar-refractivity contribution in [2.24, 2.45) is 5.10 Å². The number of hydrazone groups is 1. The van der Waals surface area contributed by atoms with E-state index in [1.165, 1.54) is 11.8 Å². The van der Waals surface area contributed by atoms with Crippen molar-refractivity contribution < 1.29 is 14.3 Å². The number of amides is 1. The molecule has 26 heavy (non-hydrogen) atoms. The molecule has 0 aliphatic rings. The summed E-state index contributed by atoms with van der Waals surface area (Å²) in [6, 6.07) is 13.4. The van der Waals surface area contributed by atoms with Crippen molar-refractivity contribution >= 4 is 28.1 Å². The van der Waals surface area contributed by atoms with E-state index >= 15 is 0 Å². The topological polar surface area (TPSA) is 59.9 Å². The summed E-state index contributed by atoms with van der Waals surface area (Å²) >= 11 is 3.39. The van der Waals surface area contributed by atoms with Gasteiger partial charge in [0.15, 0.2) is 6.61 Å². The van der Waals surface area contributed by atoms with Crippen LogP contribution in [0.5, 0.6) is 11.5 Å². The van der Waals surface area contributed by atoms with E-state index in [2.05, 4.69) is 40.3 Å². The molecule has 0 spiro atoms. The number of nitrogens with one attached hydrogen (secondary N) is 1. The van der Waals surface area contributed by atoms with Gasteiger partial charge in [0, 0.05) is 10.0 Å². The molecule has 0 aromatic heterocycles. The first-order valence-corrected chi connectivity index (χ1v) is 9.21. The molecule has 0 fully saturated rings. The maximum absolute atomic E-state index is 11.9. The molecular weight excluding hydrogens is 396 g/mol. The minimum Gasteiger partial charge on any atom is -0.496 e. The molecule has 5 nitrogen and oxygen atoms in total. The second-order valence-corrected chi connectivity index (χ2v) is 6.76. The average molecular weight is 419 g/mol. The van der Waals surface area contributed by atoms with E-state index in [4.69, 9.17) is 9.47 Å². The van der Waals surface area contributed by atoms with Crippen molar-refractivity contribution in [1.82, 2.24) is 5.43 Å². The lowest BCUT2D eigenvalue weighted by Crippen LogP contribution is -2.24. The first kappa shape index (κ1) is 20.0. The van der Waals surface area contributed by atoms with Gasteiger partial charge in [-0.15, -0.1) is 0 Å². The van der Waals surface area contributed by atoms with Crippen LogP contribution in [-0.2, 0) is 4.79 Å². The number of benzene rings is 2. The number of methoxy groups -OCH3 is 1. The summed E-state index contributed by atoms with van der Waals surface area (Å²) in [7, 11) is 1.58. The molecule has 0 heterocycles. The van der Waals surface area contributed by atoms with Gasteiger partial charge in [-0.3, -0.25) is 4.79 Å². The van der Waals surface area contributed by atoms with Crippen molar-refractivity contribution in [3.63, 3.8) is 0 Å². The van der Waals surface area contributed by atoms with Crippen molar-refractivity contribution in [3.8, 4) is 11.5 Å². The van der Waals surface area contributed by atoms with Gasteiger partial charge in [0.2, 0.25) is 0 Å². The largest absolute Gasteiger partial charge is 0.496 e. The molecule has 0 radical (unpaired) electrons. The molecule has 0 bridgehead atoms. The Labute approximate surface area is 162 Å². The van der Waals surface area contributed by atoms with Crippen LogP contribution in [0, 0.1) is 0 Å². The second-order valence-electron chi connectivity index (χ2n) is 5.85. The van der Waals surface area contributed by atoms with Gasteiger partial charge in [0.05, 0.1) is 13.3 Å². The van der Waals surface area contributed by atoms with E-state index in [0.29, 0.717) is 17.4 Å². The predicted molar refractivity (Wildman–Crippen MR) is 107 cm³/mol. The monoisotopic (exact) mass is 418 g/mol. The highest BCUT2D eigenvalue weighted by Gasteiger charge is 2.05. The summed E-state index contributed by atoms with van der Waals surface area (Å²) in [6.45, 7) is 4.24. The minimum absolute atomic E-state index is 0.102. The molecule has 2 aromatic rings. The zero-order valence-corrected chi connectivity index (χ0v) is 16.7. The van der Waals surface area contributed by atoms with Crippen LogP contribution in [0.3, 0.4) is 0 Å². The Kier molecular flexibility index (Phi) is 7.66. The summed E-state index contributed by atoms with van der Waals surface area (Å²) in [5.74, 6) is 1.51. The fourth-order valence-corrected chi connectivity index (χ4v) is 2.67. The first-order chi connectivity index (χ1) is 12.5. The predicted octanol–water partition coefficient (Wildman–Crippen LogP) is 4.50. The first-order valence-electron chi connectivity index (χ1n) is 8.41. The zero-order chi connectivity index (χ0) is 18.9. The number of hydrogen-bond acceptors (Lipinski definition) is 4. The van der Waals surface area contributed by atoms with Crippen LogP contribution in [0.1, 0.15) is 37.3 Å². The average Bonchev–Trinajstić information content (AvgIpc) is 2.66. The van der Waals surface area contributed by atoms with Crippen LogP contribution in [0.4, 0.5) is 0 Å². The molecule has 1 amide bonds. The number of hydrogen-bond donors (Lipinski definition) is 1. The van der Waals surface area contributed by atoms with Crippen molar-refractivity contribution in [3.05, 3.63) is 58.1 Å². The Hall–Kier alpha value is -2.34. The number of carbonyl (C=O) groups is 1. The van der Waals surface area contributed by atoms with E-state index in [1.54, 1.807) is 7.11 Å². The molecular formula is C20H23BrN2O3. The minimum atomic E-state index is -0.332. The van der Waals surface area contributed by atoms with Crippen LogP contribution in [0.2, 0.25) is 0 Å². The van der Waals surface area contributed by atoms with E-state index < -0.39 is 0 Å². The highest BCUT2D eigenvalue weighted by Crippen LogP contribution is 2.22. The molecule has 0 saturated heterocycles. The van der Waals surface area contributed by atoms with E-state index in [9.17, 15) is 4.79 Å². The van der Waals surface area contributed by atoms with Gasteiger partial charge in [-0.2, -0.15) is 5.10 Å². The van der Waals surface area contributed by atoms with Crippen LogP contribution in [-0.4, -0.2) is 25.8 Å². The molecule has 0 aliphatic heterocycles. The van der Waals surface area contributed by atoms with Crippen molar-refractivity contribution in [1.29, 1.82) is 0 Å². The highest BCUT2D eigenvalue weighted by molar-refractivity contribution is 9.10. The molecule has 1 N–H and O–H groups in total. The molecule has 0 unspecified atom stereocenters. The lowest BCUT2D eigenvalue weighted by atomic mass is 9.99. The molecule has 138 valence electrons. The lowest BCUT2D eigenvalue weighted by Gasteiger charge is -2.10. The third kappa shape index (κ3) is 5.88. The Balaban J connectivity index is 1.85. The van der Waals surface area contributed by atoms with Gasteiger partial charge in [-0.05, 0) is 48.2 Å². The Bertz CT molecular complexity index is 760. The molecule has 0 aliphatic carbocycles. The fourth-order valence-electron chi connectivity index (χ4n) is 2.29. The van der Waals surface area contributed by atoms with E-state index in [1.807, 2.05) is 42.5 Å². The van der Waals surface area contributed by atoms with Crippen LogP contribution < -0.4 is 14.9 Å². The van der Waals surface area contributed by atoms with Crippen molar-refractivity contribution in [2.45, 2.75) is 26.2 Å². The van der Waals surface area contributed by atoms with Gasteiger partial charge in [0.1, 0.15) is 11.5 Å². The van der Waals surface area contributed by atoms with Crippen LogP contribution in [0.15, 0.2) is 52.0 Å². The van der Waals surface area contributed by atoms with Gasteiger partial charge in [-0.25, -0.2) is 5.43 Å².